The van der Waals surface area contributed by atoms with Crippen LogP contribution in [0.5, 0.6) is 0 Å². The minimum absolute atomic E-state index is 0.0750. The van der Waals surface area contributed by atoms with Crippen molar-refractivity contribution in [1.82, 2.24) is 0 Å². The van der Waals surface area contributed by atoms with Gasteiger partial charge in [0.05, 0.1) is 5.88 Å². The normalized spacial score (nSPS) is 10.1. The number of hydrogen-bond acceptors (Lipinski definition) is 1. The van der Waals surface area contributed by atoms with Gasteiger partial charge in [-0.3, -0.25) is 4.79 Å². The molecule has 13 heavy (non-hydrogen) atoms. The van der Waals surface area contributed by atoms with Crippen LogP contribution in [0.1, 0.15) is 11.1 Å². The molecule has 70 valence electrons. The standard InChI is InChI=1S/C10H10ClIO/c1-7-4-9(12)3-2-8(7)5-10(13)6-11/h2-4H,5-6H2,1H3. The molecule has 0 bridgehead atoms. The van der Waals surface area contributed by atoms with E-state index in [1.54, 1.807) is 0 Å². The average molecular weight is 309 g/mol. The van der Waals surface area contributed by atoms with Crippen LogP contribution < -0.4 is 0 Å². The summed E-state index contributed by atoms with van der Waals surface area (Å²) >= 11 is 7.69. The lowest BCUT2D eigenvalue weighted by Crippen LogP contribution is -2.05. The summed E-state index contributed by atoms with van der Waals surface area (Å²) in [5.74, 6) is 0.178. The van der Waals surface area contributed by atoms with Crippen LogP contribution in [0.15, 0.2) is 18.2 Å². The molecule has 1 aromatic carbocycles. The zero-order chi connectivity index (χ0) is 9.84. The monoisotopic (exact) mass is 308 g/mol. The van der Waals surface area contributed by atoms with E-state index in [1.165, 1.54) is 3.57 Å². The van der Waals surface area contributed by atoms with Gasteiger partial charge in [-0.1, -0.05) is 6.07 Å². The highest BCUT2D eigenvalue weighted by Crippen LogP contribution is 2.13. The number of aryl methyl sites for hydroxylation is 1. The first-order chi connectivity index (χ1) is 6.13. The van der Waals surface area contributed by atoms with Gasteiger partial charge in [-0.15, -0.1) is 11.6 Å². The Kier molecular flexibility index (Phi) is 4.19. The Morgan fingerprint density at radius 1 is 1.54 bits per heavy atom. The molecule has 0 saturated heterocycles. The second kappa shape index (κ2) is 4.96. The van der Waals surface area contributed by atoms with Gasteiger partial charge in [-0.05, 0) is 52.8 Å². The fraction of sp³-hybridized carbons (Fsp3) is 0.300. The SMILES string of the molecule is Cc1cc(I)ccc1CC(=O)CCl. The van der Waals surface area contributed by atoms with Crippen LogP contribution in [-0.4, -0.2) is 11.7 Å². The van der Waals surface area contributed by atoms with Crippen molar-refractivity contribution in [3.8, 4) is 0 Å². The van der Waals surface area contributed by atoms with Crippen molar-refractivity contribution in [2.24, 2.45) is 0 Å². The van der Waals surface area contributed by atoms with Crippen molar-refractivity contribution in [3.05, 3.63) is 32.9 Å². The lowest BCUT2D eigenvalue weighted by molar-refractivity contribution is -0.116. The van der Waals surface area contributed by atoms with Gasteiger partial charge in [-0.25, -0.2) is 0 Å². The summed E-state index contributed by atoms with van der Waals surface area (Å²) < 4.78 is 1.19. The van der Waals surface area contributed by atoms with E-state index in [0.717, 1.165) is 11.1 Å². The maximum absolute atomic E-state index is 11.1. The summed E-state index contributed by atoms with van der Waals surface area (Å²) in [6.45, 7) is 2.01. The molecule has 0 fully saturated rings. The van der Waals surface area contributed by atoms with Crippen molar-refractivity contribution in [3.63, 3.8) is 0 Å². The molecule has 0 N–H and O–H groups in total. The van der Waals surface area contributed by atoms with Crippen LogP contribution >= 0.6 is 34.2 Å². The van der Waals surface area contributed by atoms with E-state index in [9.17, 15) is 4.79 Å². The topological polar surface area (TPSA) is 17.1 Å². The molecule has 3 heteroatoms. The van der Waals surface area contributed by atoms with E-state index in [0.29, 0.717) is 6.42 Å². The number of ketones is 1. The second-order valence-electron chi connectivity index (χ2n) is 2.92. The van der Waals surface area contributed by atoms with Gasteiger partial charge >= 0.3 is 0 Å². The van der Waals surface area contributed by atoms with Crippen molar-refractivity contribution < 1.29 is 4.79 Å². The Labute approximate surface area is 96.6 Å². The lowest BCUT2D eigenvalue weighted by atomic mass is 10.0. The molecule has 1 nitrogen and oxygen atoms in total. The molecule has 0 spiro atoms. The number of carbonyl (C=O) groups excluding carboxylic acids is 1. The van der Waals surface area contributed by atoms with Gasteiger partial charge in [0.15, 0.2) is 5.78 Å². The third-order valence-electron chi connectivity index (χ3n) is 1.84. The van der Waals surface area contributed by atoms with Crippen LogP contribution in [0.25, 0.3) is 0 Å². The van der Waals surface area contributed by atoms with E-state index in [1.807, 2.05) is 19.1 Å². The lowest BCUT2D eigenvalue weighted by Gasteiger charge is -2.03. The molecule has 0 aromatic heterocycles. The Hall–Kier alpha value is -0.0900. The highest BCUT2D eigenvalue weighted by atomic mass is 127. The summed E-state index contributed by atoms with van der Waals surface area (Å²) in [4.78, 5) is 11.1. The first-order valence-corrected chi connectivity index (χ1v) is 5.57. The average Bonchev–Trinajstić information content (AvgIpc) is 2.09. The van der Waals surface area contributed by atoms with Crippen molar-refractivity contribution >= 4 is 40.0 Å². The van der Waals surface area contributed by atoms with E-state index >= 15 is 0 Å². The highest BCUT2D eigenvalue weighted by Gasteiger charge is 2.04. The fourth-order valence-electron chi connectivity index (χ4n) is 1.12. The summed E-state index contributed by atoms with van der Waals surface area (Å²) in [6, 6.07) is 6.06. The number of Topliss-reactive ketones (excluding diaryl/α,β-unsaturated/α-hetero) is 1. The van der Waals surface area contributed by atoms with Gasteiger partial charge < -0.3 is 0 Å². The molecule has 0 heterocycles. The minimum atomic E-state index is 0.0750. The Morgan fingerprint density at radius 2 is 2.23 bits per heavy atom. The largest absolute Gasteiger partial charge is 0.298 e. The summed E-state index contributed by atoms with van der Waals surface area (Å²) in [6.07, 6.45) is 0.451. The Morgan fingerprint density at radius 3 is 2.77 bits per heavy atom. The van der Waals surface area contributed by atoms with Crippen LogP contribution in [0, 0.1) is 10.5 Å². The fourth-order valence-corrected chi connectivity index (χ4v) is 1.86. The number of rotatable bonds is 3. The summed E-state index contributed by atoms with van der Waals surface area (Å²) in [5, 5.41) is 0. The molecule has 0 aliphatic rings. The number of halogens is 2. The van der Waals surface area contributed by atoms with Gasteiger partial charge in [0.2, 0.25) is 0 Å². The highest BCUT2D eigenvalue weighted by molar-refractivity contribution is 14.1. The zero-order valence-electron chi connectivity index (χ0n) is 7.31. The smallest absolute Gasteiger partial charge is 0.151 e. The molecule has 0 aliphatic heterocycles. The number of carbonyl (C=O) groups is 1. The van der Waals surface area contributed by atoms with Gasteiger partial charge in [-0.2, -0.15) is 0 Å². The first-order valence-electron chi connectivity index (χ1n) is 3.96. The van der Waals surface area contributed by atoms with Crippen LogP contribution in [-0.2, 0) is 11.2 Å². The Balaban J connectivity index is 2.83. The molecular weight excluding hydrogens is 298 g/mol. The molecular formula is C10H10ClIO. The third kappa shape index (κ3) is 3.27. The maximum atomic E-state index is 11.1. The zero-order valence-corrected chi connectivity index (χ0v) is 10.2. The summed E-state index contributed by atoms with van der Waals surface area (Å²) in [5.41, 5.74) is 2.23. The summed E-state index contributed by atoms with van der Waals surface area (Å²) in [7, 11) is 0. The maximum Gasteiger partial charge on any atom is 0.151 e. The Bertz CT molecular complexity index is 323. The quantitative estimate of drug-likeness (QED) is 0.620. The molecule has 0 amide bonds. The van der Waals surface area contributed by atoms with E-state index in [2.05, 4.69) is 28.7 Å². The molecule has 0 saturated carbocycles. The molecule has 0 atom stereocenters. The van der Waals surface area contributed by atoms with Crippen LogP contribution in [0.4, 0.5) is 0 Å². The predicted octanol–water partition coefficient (Wildman–Crippen LogP) is 2.95. The van der Waals surface area contributed by atoms with Crippen molar-refractivity contribution in [2.45, 2.75) is 13.3 Å². The molecule has 0 radical (unpaired) electrons. The van der Waals surface area contributed by atoms with Gasteiger partial charge in [0.1, 0.15) is 0 Å². The van der Waals surface area contributed by atoms with Crippen LogP contribution in [0.3, 0.4) is 0 Å². The van der Waals surface area contributed by atoms with Crippen LogP contribution in [0.2, 0.25) is 0 Å². The molecule has 0 aliphatic carbocycles. The van der Waals surface area contributed by atoms with E-state index < -0.39 is 0 Å². The van der Waals surface area contributed by atoms with Gasteiger partial charge in [0, 0.05) is 9.99 Å². The number of alkyl halides is 1. The first kappa shape index (κ1) is 11.0. The molecule has 1 rings (SSSR count). The van der Waals surface area contributed by atoms with E-state index in [4.69, 9.17) is 11.6 Å². The molecule has 1 aromatic rings. The van der Waals surface area contributed by atoms with Crippen molar-refractivity contribution in [2.75, 3.05) is 5.88 Å². The number of hydrogen-bond donors (Lipinski definition) is 0. The number of benzene rings is 1. The second-order valence-corrected chi connectivity index (χ2v) is 4.43. The predicted molar refractivity (Wildman–Crippen MR) is 63.3 cm³/mol. The third-order valence-corrected chi connectivity index (χ3v) is 2.81. The van der Waals surface area contributed by atoms with E-state index in [-0.39, 0.29) is 11.7 Å². The minimum Gasteiger partial charge on any atom is -0.298 e. The molecule has 0 unspecified atom stereocenters. The van der Waals surface area contributed by atoms with Crippen molar-refractivity contribution in [1.29, 1.82) is 0 Å². The van der Waals surface area contributed by atoms with Gasteiger partial charge in [0.25, 0.3) is 0 Å².